The van der Waals surface area contributed by atoms with Crippen LogP contribution in [-0.4, -0.2) is 28.3 Å². The third kappa shape index (κ3) is 3.26. The molecule has 27 heavy (non-hydrogen) atoms. The van der Waals surface area contributed by atoms with Gasteiger partial charge >= 0.3 is 5.69 Å². The van der Waals surface area contributed by atoms with E-state index in [1.807, 2.05) is 12.1 Å². The number of halogens is 1. The predicted octanol–water partition coefficient (Wildman–Crippen LogP) is 2.51. The van der Waals surface area contributed by atoms with E-state index in [9.17, 15) is 9.59 Å². The molecule has 0 atom stereocenters. The van der Waals surface area contributed by atoms with Gasteiger partial charge in [-0.2, -0.15) is 0 Å². The summed E-state index contributed by atoms with van der Waals surface area (Å²) in [6, 6.07) is 12.8. The van der Waals surface area contributed by atoms with Gasteiger partial charge in [-0.3, -0.25) is 9.36 Å². The molecule has 3 aromatic rings. The van der Waals surface area contributed by atoms with E-state index in [0.29, 0.717) is 27.7 Å². The first-order chi connectivity index (χ1) is 13.1. The maximum absolute atomic E-state index is 13.0. The lowest BCUT2D eigenvalue weighted by atomic mass is 10.1. The van der Waals surface area contributed by atoms with E-state index in [1.54, 1.807) is 37.4 Å². The summed E-state index contributed by atoms with van der Waals surface area (Å²) >= 11 is 6.22. The monoisotopic (exact) mass is 384 g/mol. The minimum atomic E-state index is -0.417. The van der Waals surface area contributed by atoms with Crippen molar-refractivity contribution in [2.75, 3.05) is 18.4 Å². The highest BCUT2D eigenvalue weighted by molar-refractivity contribution is 6.32. The molecule has 1 fully saturated rings. The minimum absolute atomic E-state index is 0.361. The number of nitrogens with one attached hydrogen (secondary N) is 2. The summed E-state index contributed by atoms with van der Waals surface area (Å²) in [6.45, 7) is 1.98. The molecule has 1 saturated heterocycles. The number of hydrogen-bond acceptors (Lipinski definition) is 4. The van der Waals surface area contributed by atoms with Gasteiger partial charge in [-0.25, -0.2) is 9.36 Å². The number of piperidine rings is 1. The molecule has 1 aliphatic heterocycles. The van der Waals surface area contributed by atoms with Crippen LogP contribution in [0.25, 0.3) is 16.6 Å². The molecule has 6 nitrogen and oxygen atoms in total. The van der Waals surface area contributed by atoms with Crippen LogP contribution in [0.1, 0.15) is 12.8 Å². The van der Waals surface area contributed by atoms with Gasteiger partial charge in [-0.05, 0) is 56.3 Å². The number of nitrogens with zero attached hydrogens (tertiary/aromatic N) is 2. The second-order valence-corrected chi connectivity index (χ2v) is 7.24. The molecule has 1 aliphatic rings. The Morgan fingerprint density at radius 1 is 1.11 bits per heavy atom. The summed E-state index contributed by atoms with van der Waals surface area (Å²) in [5.74, 6) is 0. The lowest BCUT2D eigenvalue weighted by molar-refractivity contribution is 0.479. The number of benzene rings is 2. The normalized spacial score (nSPS) is 15.2. The molecular weight excluding hydrogens is 364 g/mol. The zero-order chi connectivity index (χ0) is 19.0. The Hall–Kier alpha value is -2.57. The summed E-state index contributed by atoms with van der Waals surface area (Å²) in [6.07, 6.45) is 2.09. The van der Waals surface area contributed by atoms with Crippen LogP contribution in [0.2, 0.25) is 5.02 Å². The molecule has 0 unspecified atom stereocenters. The lowest BCUT2D eigenvalue weighted by Crippen LogP contribution is -2.38. The van der Waals surface area contributed by atoms with Gasteiger partial charge in [-0.1, -0.05) is 23.7 Å². The number of aromatic nitrogens is 2. The van der Waals surface area contributed by atoms with Crippen molar-refractivity contribution < 1.29 is 0 Å². The minimum Gasteiger partial charge on any atom is -0.382 e. The Morgan fingerprint density at radius 2 is 1.85 bits per heavy atom. The van der Waals surface area contributed by atoms with Crippen molar-refractivity contribution in [1.82, 2.24) is 14.5 Å². The molecule has 0 aliphatic carbocycles. The maximum atomic E-state index is 13.0. The van der Waals surface area contributed by atoms with E-state index in [0.717, 1.165) is 36.2 Å². The van der Waals surface area contributed by atoms with Crippen LogP contribution in [0, 0.1) is 0 Å². The highest BCUT2D eigenvalue weighted by atomic mass is 35.5. The molecule has 2 N–H and O–H groups in total. The van der Waals surface area contributed by atoms with Crippen molar-refractivity contribution in [3.8, 4) is 5.69 Å². The highest BCUT2D eigenvalue weighted by Gasteiger charge is 2.16. The number of anilines is 1. The van der Waals surface area contributed by atoms with Gasteiger partial charge in [0.1, 0.15) is 0 Å². The summed E-state index contributed by atoms with van der Waals surface area (Å²) in [5, 5.41) is 7.69. The highest BCUT2D eigenvalue weighted by Crippen LogP contribution is 2.21. The van der Waals surface area contributed by atoms with Crippen molar-refractivity contribution in [2.24, 2.45) is 7.05 Å². The van der Waals surface area contributed by atoms with Gasteiger partial charge < -0.3 is 10.6 Å². The fourth-order valence-electron chi connectivity index (χ4n) is 3.59. The van der Waals surface area contributed by atoms with Gasteiger partial charge in [0.15, 0.2) is 0 Å². The standard InChI is InChI=1S/C20H21ClN4O2/c1-24-18-12-14(23-13-8-10-22-11-9-13)6-7-15(18)19(26)25(20(24)27)17-5-3-2-4-16(17)21/h2-7,12-13,22-23H,8-11H2,1H3. The van der Waals surface area contributed by atoms with Crippen LogP contribution in [0.3, 0.4) is 0 Å². The first kappa shape index (κ1) is 17.8. The summed E-state index contributed by atoms with van der Waals surface area (Å²) in [4.78, 5) is 25.9. The Kier molecular flexibility index (Phi) is 4.76. The number of rotatable bonds is 3. The number of aryl methyl sites for hydroxylation is 1. The van der Waals surface area contributed by atoms with E-state index in [1.165, 1.54) is 4.57 Å². The van der Waals surface area contributed by atoms with Crippen molar-refractivity contribution in [3.05, 3.63) is 68.3 Å². The molecule has 2 heterocycles. The topological polar surface area (TPSA) is 68.1 Å². The second-order valence-electron chi connectivity index (χ2n) is 6.83. The molecular formula is C20H21ClN4O2. The molecule has 2 aromatic carbocycles. The fraction of sp³-hybridized carbons (Fsp3) is 0.300. The van der Waals surface area contributed by atoms with Crippen molar-refractivity contribution in [1.29, 1.82) is 0 Å². The van der Waals surface area contributed by atoms with Gasteiger partial charge in [0.25, 0.3) is 5.56 Å². The van der Waals surface area contributed by atoms with E-state index < -0.39 is 5.69 Å². The van der Waals surface area contributed by atoms with E-state index in [2.05, 4.69) is 10.6 Å². The summed E-state index contributed by atoms with van der Waals surface area (Å²) < 4.78 is 2.62. The van der Waals surface area contributed by atoms with E-state index in [-0.39, 0.29) is 5.56 Å². The van der Waals surface area contributed by atoms with Gasteiger partial charge in [0.2, 0.25) is 0 Å². The average molecular weight is 385 g/mol. The van der Waals surface area contributed by atoms with Crippen molar-refractivity contribution >= 4 is 28.2 Å². The Morgan fingerprint density at radius 3 is 2.59 bits per heavy atom. The first-order valence-electron chi connectivity index (χ1n) is 9.04. The van der Waals surface area contributed by atoms with Gasteiger partial charge in [-0.15, -0.1) is 0 Å². The molecule has 1 aromatic heterocycles. The first-order valence-corrected chi connectivity index (χ1v) is 9.42. The zero-order valence-corrected chi connectivity index (χ0v) is 15.8. The van der Waals surface area contributed by atoms with Crippen LogP contribution < -0.4 is 21.9 Å². The maximum Gasteiger partial charge on any atom is 0.335 e. The molecule has 0 bridgehead atoms. The Balaban J connectivity index is 1.84. The van der Waals surface area contributed by atoms with Crippen LogP contribution in [-0.2, 0) is 7.05 Å². The zero-order valence-electron chi connectivity index (χ0n) is 15.0. The molecule has 7 heteroatoms. The van der Waals surface area contributed by atoms with Gasteiger partial charge in [0.05, 0.1) is 21.6 Å². The van der Waals surface area contributed by atoms with Crippen LogP contribution in [0.4, 0.5) is 5.69 Å². The summed E-state index contributed by atoms with van der Waals surface area (Å²) in [5.41, 5.74) is 1.13. The largest absolute Gasteiger partial charge is 0.382 e. The fourth-order valence-corrected chi connectivity index (χ4v) is 3.81. The second kappa shape index (κ2) is 7.21. The van der Waals surface area contributed by atoms with Crippen LogP contribution in [0.15, 0.2) is 52.1 Å². The van der Waals surface area contributed by atoms with Gasteiger partial charge in [0, 0.05) is 18.8 Å². The smallest absolute Gasteiger partial charge is 0.335 e. The quantitative estimate of drug-likeness (QED) is 0.728. The molecule has 0 saturated carbocycles. The molecule has 0 radical (unpaired) electrons. The Labute approximate surface area is 161 Å². The third-order valence-electron chi connectivity index (χ3n) is 5.07. The number of para-hydroxylation sites is 1. The van der Waals surface area contributed by atoms with Crippen molar-refractivity contribution in [3.63, 3.8) is 0 Å². The average Bonchev–Trinajstić information content (AvgIpc) is 2.68. The number of hydrogen-bond donors (Lipinski definition) is 2. The van der Waals surface area contributed by atoms with E-state index >= 15 is 0 Å². The third-order valence-corrected chi connectivity index (χ3v) is 5.39. The lowest BCUT2D eigenvalue weighted by Gasteiger charge is -2.25. The Bertz CT molecular complexity index is 1110. The van der Waals surface area contributed by atoms with E-state index in [4.69, 9.17) is 11.6 Å². The van der Waals surface area contributed by atoms with Crippen LogP contribution in [0.5, 0.6) is 0 Å². The molecule has 140 valence electrons. The van der Waals surface area contributed by atoms with Crippen molar-refractivity contribution in [2.45, 2.75) is 18.9 Å². The summed E-state index contributed by atoms with van der Waals surface area (Å²) in [7, 11) is 1.67. The molecule has 0 spiro atoms. The number of fused-ring (bicyclic) bond motifs is 1. The predicted molar refractivity (Wildman–Crippen MR) is 109 cm³/mol. The van der Waals surface area contributed by atoms with Crippen LogP contribution >= 0.6 is 11.6 Å². The molecule has 0 amide bonds. The molecule has 4 rings (SSSR count). The SMILES string of the molecule is Cn1c(=O)n(-c2ccccc2Cl)c(=O)c2ccc(NC3CCNCC3)cc21.